The Labute approximate surface area is 267 Å². The van der Waals surface area contributed by atoms with Gasteiger partial charge in [0.15, 0.2) is 6.17 Å². The highest BCUT2D eigenvalue weighted by molar-refractivity contribution is 6.20. The lowest BCUT2D eigenvalue weighted by molar-refractivity contribution is 0.592. The lowest BCUT2D eigenvalue weighted by Gasteiger charge is -2.32. The number of aromatic nitrogens is 1. The van der Waals surface area contributed by atoms with Gasteiger partial charge in [0.1, 0.15) is 5.84 Å². The third-order valence-corrected chi connectivity index (χ3v) is 10.4. The van der Waals surface area contributed by atoms with Crippen molar-refractivity contribution in [1.29, 1.82) is 0 Å². The first-order chi connectivity index (χ1) is 22.6. The summed E-state index contributed by atoms with van der Waals surface area (Å²) in [6.45, 7) is 4.69. The summed E-state index contributed by atoms with van der Waals surface area (Å²) >= 11 is 0. The van der Waals surface area contributed by atoms with Crippen LogP contribution in [0.2, 0.25) is 0 Å². The summed E-state index contributed by atoms with van der Waals surface area (Å²) in [5.41, 5.74) is 8.40. The molecule has 7 aromatic carbocycles. The number of hydrogen-bond acceptors (Lipinski definition) is 2. The van der Waals surface area contributed by atoms with Gasteiger partial charge >= 0.3 is 0 Å². The number of aliphatic imine (C=N–C) groups is 1. The number of nitrogens with zero attached hydrogens (tertiary/aromatic N) is 2. The van der Waals surface area contributed by atoms with Crippen LogP contribution in [-0.4, -0.2) is 10.4 Å². The van der Waals surface area contributed by atoms with Crippen molar-refractivity contribution >= 4 is 65.5 Å². The standard InChI is InChI=1S/C43H31N3/c1-43(2)36-21-11-9-20-33(36)39-40(43)44-41(35-24-28-15-5-6-16-29(28)30-17-7-8-18-31(30)35)45-42(39)46-37-22-12-10-19-32(37)34-23-26-13-3-4-14-27(26)25-38(34)46/h3-25,42H,1-2H3,(H,44,45). The van der Waals surface area contributed by atoms with E-state index in [9.17, 15) is 0 Å². The van der Waals surface area contributed by atoms with Crippen LogP contribution in [0.15, 0.2) is 150 Å². The topological polar surface area (TPSA) is 29.3 Å². The Morgan fingerprint density at radius 3 is 2.00 bits per heavy atom. The van der Waals surface area contributed by atoms with Crippen LogP contribution in [0.1, 0.15) is 36.7 Å². The largest absolute Gasteiger partial charge is 0.342 e. The van der Waals surface area contributed by atoms with Crippen molar-refractivity contribution in [3.8, 4) is 0 Å². The minimum Gasteiger partial charge on any atom is -0.342 e. The average Bonchev–Trinajstić information content (AvgIpc) is 3.54. The molecule has 0 saturated carbocycles. The third-order valence-electron chi connectivity index (χ3n) is 10.4. The molecular formula is C43H31N3. The summed E-state index contributed by atoms with van der Waals surface area (Å²) in [5, 5.41) is 13.9. The molecule has 1 aromatic heterocycles. The molecule has 0 amide bonds. The molecule has 1 unspecified atom stereocenters. The number of amidine groups is 1. The van der Waals surface area contributed by atoms with E-state index in [-0.39, 0.29) is 11.6 Å². The highest BCUT2D eigenvalue weighted by Gasteiger charge is 2.44. The highest BCUT2D eigenvalue weighted by Crippen LogP contribution is 2.52. The number of para-hydroxylation sites is 1. The third kappa shape index (κ3) is 3.40. The van der Waals surface area contributed by atoms with Crippen molar-refractivity contribution in [2.75, 3.05) is 0 Å². The Kier molecular flexibility index (Phi) is 5.12. The molecule has 10 rings (SSSR count). The van der Waals surface area contributed by atoms with Gasteiger partial charge in [-0.25, -0.2) is 4.99 Å². The molecule has 2 aliphatic rings. The van der Waals surface area contributed by atoms with Crippen LogP contribution in [0, 0.1) is 0 Å². The predicted octanol–water partition coefficient (Wildman–Crippen LogP) is 10.5. The average molecular weight is 590 g/mol. The molecule has 1 N–H and O–H groups in total. The van der Waals surface area contributed by atoms with Crippen LogP contribution >= 0.6 is 0 Å². The van der Waals surface area contributed by atoms with Gasteiger partial charge in [-0.15, -0.1) is 0 Å². The molecule has 1 atom stereocenters. The molecule has 3 nitrogen and oxygen atoms in total. The number of nitrogens with one attached hydrogen (secondary N) is 1. The van der Waals surface area contributed by atoms with E-state index < -0.39 is 0 Å². The fourth-order valence-electron chi connectivity index (χ4n) is 8.22. The number of benzene rings is 7. The molecule has 2 heterocycles. The Hall–Kier alpha value is -5.67. The summed E-state index contributed by atoms with van der Waals surface area (Å²) in [5.74, 6) is 0.915. The Balaban J connectivity index is 1.33. The van der Waals surface area contributed by atoms with Crippen LogP contribution in [0.4, 0.5) is 0 Å². The number of rotatable bonds is 2. The summed E-state index contributed by atoms with van der Waals surface area (Å²) in [6.07, 6.45) is -0.261. The van der Waals surface area contributed by atoms with Crippen molar-refractivity contribution in [3.05, 3.63) is 162 Å². The fraction of sp³-hybridized carbons (Fsp3) is 0.0930. The van der Waals surface area contributed by atoms with Crippen molar-refractivity contribution in [2.24, 2.45) is 4.99 Å². The SMILES string of the molecule is CC1(C)C2=C(c3ccccc31)C(n1c3ccccc3c3cc4ccccc4cc31)N=C(c1cc3ccccc3c3ccccc13)N2. The van der Waals surface area contributed by atoms with Gasteiger partial charge in [-0.05, 0) is 67.7 Å². The first kappa shape index (κ1) is 25.6. The van der Waals surface area contributed by atoms with E-state index in [4.69, 9.17) is 4.99 Å². The molecule has 0 spiro atoms. The molecule has 0 fully saturated rings. The highest BCUT2D eigenvalue weighted by atomic mass is 15.2. The van der Waals surface area contributed by atoms with Crippen molar-refractivity contribution in [2.45, 2.75) is 25.4 Å². The zero-order valence-corrected chi connectivity index (χ0v) is 25.8. The second-order valence-electron chi connectivity index (χ2n) is 13.2. The Morgan fingerprint density at radius 1 is 0.543 bits per heavy atom. The zero-order chi connectivity index (χ0) is 30.6. The predicted molar refractivity (Wildman–Crippen MR) is 194 cm³/mol. The van der Waals surface area contributed by atoms with Gasteiger partial charge in [0.05, 0.1) is 11.0 Å². The number of fused-ring (bicyclic) bond motifs is 9. The molecule has 0 saturated heterocycles. The molecule has 8 aromatic rings. The first-order valence-electron chi connectivity index (χ1n) is 16.1. The van der Waals surface area contributed by atoms with E-state index in [0.29, 0.717) is 0 Å². The van der Waals surface area contributed by atoms with Crippen LogP contribution < -0.4 is 5.32 Å². The molecule has 1 aliphatic heterocycles. The Bertz CT molecular complexity index is 2650. The van der Waals surface area contributed by atoms with Crippen LogP contribution in [-0.2, 0) is 5.41 Å². The lowest BCUT2D eigenvalue weighted by Crippen LogP contribution is -2.37. The lowest BCUT2D eigenvalue weighted by atomic mass is 9.84. The monoisotopic (exact) mass is 589 g/mol. The van der Waals surface area contributed by atoms with Gasteiger partial charge in [0, 0.05) is 33.0 Å². The van der Waals surface area contributed by atoms with E-state index in [1.165, 1.54) is 76.5 Å². The van der Waals surface area contributed by atoms with Crippen LogP contribution in [0.5, 0.6) is 0 Å². The maximum absolute atomic E-state index is 5.75. The minimum atomic E-state index is -0.261. The van der Waals surface area contributed by atoms with E-state index >= 15 is 0 Å². The summed E-state index contributed by atoms with van der Waals surface area (Å²) in [4.78, 5) is 5.75. The molecule has 1 aliphatic carbocycles. The second-order valence-corrected chi connectivity index (χ2v) is 13.2. The van der Waals surface area contributed by atoms with Crippen LogP contribution in [0.3, 0.4) is 0 Å². The fourth-order valence-corrected chi connectivity index (χ4v) is 8.22. The maximum Gasteiger partial charge on any atom is 0.156 e. The van der Waals surface area contributed by atoms with Gasteiger partial charge in [-0.2, -0.15) is 0 Å². The summed E-state index contributed by atoms with van der Waals surface area (Å²) in [6, 6.07) is 50.9. The Morgan fingerprint density at radius 2 is 1.17 bits per heavy atom. The van der Waals surface area contributed by atoms with Crippen molar-refractivity contribution < 1.29 is 0 Å². The van der Waals surface area contributed by atoms with Crippen molar-refractivity contribution in [3.63, 3.8) is 0 Å². The first-order valence-corrected chi connectivity index (χ1v) is 16.1. The van der Waals surface area contributed by atoms with E-state index in [0.717, 1.165) is 11.4 Å². The zero-order valence-electron chi connectivity index (χ0n) is 25.8. The second kappa shape index (κ2) is 9.18. The molecule has 0 bridgehead atoms. The van der Waals surface area contributed by atoms with Gasteiger partial charge < -0.3 is 9.88 Å². The van der Waals surface area contributed by atoms with Gasteiger partial charge in [0.25, 0.3) is 0 Å². The molecule has 3 heteroatoms. The van der Waals surface area contributed by atoms with Gasteiger partial charge in [-0.3, -0.25) is 0 Å². The maximum atomic E-state index is 5.75. The van der Waals surface area contributed by atoms with Crippen LogP contribution in [0.25, 0.3) is 59.7 Å². The van der Waals surface area contributed by atoms with E-state index in [1.54, 1.807) is 0 Å². The smallest absolute Gasteiger partial charge is 0.156 e. The summed E-state index contributed by atoms with van der Waals surface area (Å²) < 4.78 is 2.49. The molecule has 0 radical (unpaired) electrons. The molecule has 218 valence electrons. The number of hydrogen-bond donors (Lipinski definition) is 1. The van der Waals surface area contributed by atoms with E-state index in [1.807, 2.05) is 0 Å². The molecule has 46 heavy (non-hydrogen) atoms. The quantitative estimate of drug-likeness (QED) is 0.200. The molecular weight excluding hydrogens is 558 g/mol. The number of allylic oxidation sites excluding steroid dienone is 1. The van der Waals surface area contributed by atoms with Crippen molar-refractivity contribution in [1.82, 2.24) is 9.88 Å². The normalized spacial score (nSPS) is 17.1. The minimum absolute atomic E-state index is 0.219. The van der Waals surface area contributed by atoms with E-state index in [2.05, 4.69) is 163 Å². The summed E-state index contributed by atoms with van der Waals surface area (Å²) in [7, 11) is 0. The van der Waals surface area contributed by atoms with Gasteiger partial charge in [-0.1, -0.05) is 129 Å². The van der Waals surface area contributed by atoms with Gasteiger partial charge in [0.2, 0.25) is 0 Å².